The van der Waals surface area contributed by atoms with Gasteiger partial charge in [-0.25, -0.2) is 0 Å². The molecule has 1 aromatic heterocycles. The van der Waals surface area contributed by atoms with Gasteiger partial charge in [-0.2, -0.15) is 5.10 Å². The molecule has 1 N–H and O–H groups in total. The number of aromatic nitrogens is 2. The Labute approximate surface area is 67.8 Å². The molecule has 0 radical (unpaired) electrons. The molecule has 0 unspecified atom stereocenters. The van der Waals surface area contributed by atoms with Crippen LogP contribution >= 0.6 is 0 Å². The van der Waals surface area contributed by atoms with E-state index in [2.05, 4.69) is 10.2 Å². The number of ether oxygens (including phenoxy) is 1. The van der Waals surface area contributed by atoms with Crippen LogP contribution in [-0.4, -0.2) is 17.3 Å². The number of methoxy groups -OCH3 is 1. The maximum absolute atomic E-state index is 4.90. The van der Waals surface area contributed by atoms with Gasteiger partial charge in [-0.3, -0.25) is 5.10 Å². The molecule has 1 heterocycles. The van der Waals surface area contributed by atoms with Crippen molar-refractivity contribution in [1.82, 2.24) is 10.2 Å². The van der Waals surface area contributed by atoms with Crippen LogP contribution in [0, 0.1) is 6.92 Å². The zero-order chi connectivity index (χ0) is 8.69. The van der Waals surface area contributed by atoms with E-state index in [1.807, 2.05) is 20.8 Å². The number of hydrogen-bond acceptors (Lipinski definition) is 2. The number of aromatic amines is 1. The van der Waals surface area contributed by atoms with Gasteiger partial charge in [-0.05, 0) is 12.5 Å². The van der Waals surface area contributed by atoms with E-state index in [1.54, 1.807) is 13.3 Å². The molecular formula is C8H16N2O. The summed E-state index contributed by atoms with van der Waals surface area (Å²) in [5.41, 5.74) is 2.20. The van der Waals surface area contributed by atoms with Gasteiger partial charge in [0.05, 0.1) is 18.5 Å². The Bertz CT molecular complexity index is 184. The number of aryl methyl sites for hydroxylation is 1. The monoisotopic (exact) mass is 156 g/mol. The third kappa shape index (κ3) is 3.18. The standard InChI is InChI=1S/C6H10N2O.C2H6/c1-5-3-7-8-6(5)4-9-2;1-2/h3H,4H2,1-2H3,(H,7,8);1-2H3. The van der Waals surface area contributed by atoms with Crippen molar-refractivity contribution in [3.63, 3.8) is 0 Å². The first-order chi connectivity index (χ1) is 5.34. The molecule has 1 aromatic rings. The highest BCUT2D eigenvalue weighted by Gasteiger charge is 1.96. The molecule has 0 amide bonds. The molecule has 0 aliphatic rings. The topological polar surface area (TPSA) is 37.9 Å². The van der Waals surface area contributed by atoms with Gasteiger partial charge in [0.1, 0.15) is 0 Å². The Morgan fingerprint density at radius 2 is 2.18 bits per heavy atom. The highest BCUT2D eigenvalue weighted by Crippen LogP contribution is 2.01. The lowest BCUT2D eigenvalue weighted by Gasteiger charge is -1.93. The van der Waals surface area contributed by atoms with Gasteiger partial charge in [0.2, 0.25) is 0 Å². The maximum atomic E-state index is 4.90. The van der Waals surface area contributed by atoms with Crippen molar-refractivity contribution in [2.24, 2.45) is 0 Å². The molecule has 0 atom stereocenters. The van der Waals surface area contributed by atoms with Crippen LogP contribution in [0.25, 0.3) is 0 Å². The van der Waals surface area contributed by atoms with E-state index in [-0.39, 0.29) is 0 Å². The van der Waals surface area contributed by atoms with Gasteiger partial charge in [0.15, 0.2) is 0 Å². The van der Waals surface area contributed by atoms with E-state index in [4.69, 9.17) is 4.74 Å². The second kappa shape index (κ2) is 5.92. The summed E-state index contributed by atoms with van der Waals surface area (Å²) in [6, 6.07) is 0. The van der Waals surface area contributed by atoms with Crippen LogP contribution in [0.15, 0.2) is 6.20 Å². The summed E-state index contributed by atoms with van der Waals surface area (Å²) in [6.45, 7) is 6.61. The lowest BCUT2D eigenvalue weighted by atomic mass is 10.3. The number of rotatable bonds is 2. The normalized spacial score (nSPS) is 8.73. The molecule has 0 bridgehead atoms. The molecule has 0 saturated heterocycles. The molecule has 0 aromatic carbocycles. The van der Waals surface area contributed by atoms with Crippen molar-refractivity contribution < 1.29 is 4.74 Å². The van der Waals surface area contributed by atoms with Gasteiger partial charge in [0.25, 0.3) is 0 Å². The van der Waals surface area contributed by atoms with Crippen molar-refractivity contribution in [2.75, 3.05) is 7.11 Å². The summed E-state index contributed by atoms with van der Waals surface area (Å²) in [5, 5.41) is 6.67. The van der Waals surface area contributed by atoms with Crippen LogP contribution in [-0.2, 0) is 11.3 Å². The smallest absolute Gasteiger partial charge is 0.0881 e. The minimum absolute atomic E-state index is 0.617. The molecule has 0 aliphatic heterocycles. The van der Waals surface area contributed by atoms with Crippen molar-refractivity contribution >= 4 is 0 Å². The lowest BCUT2D eigenvalue weighted by Crippen LogP contribution is -1.89. The van der Waals surface area contributed by atoms with E-state index < -0.39 is 0 Å². The number of hydrogen-bond donors (Lipinski definition) is 1. The Morgan fingerprint density at radius 1 is 1.55 bits per heavy atom. The summed E-state index contributed by atoms with van der Waals surface area (Å²) >= 11 is 0. The van der Waals surface area contributed by atoms with Crippen molar-refractivity contribution in [3.05, 3.63) is 17.5 Å². The van der Waals surface area contributed by atoms with Crippen LogP contribution in [0.5, 0.6) is 0 Å². The predicted molar refractivity (Wildman–Crippen MR) is 45.4 cm³/mol. The Morgan fingerprint density at radius 3 is 2.55 bits per heavy atom. The highest BCUT2D eigenvalue weighted by molar-refractivity contribution is 5.12. The number of nitrogens with one attached hydrogen (secondary N) is 1. The molecular weight excluding hydrogens is 140 g/mol. The van der Waals surface area contributed by atoms with Gasteiger partial charge >= 0.3 is 0 Å². The number of nitrogens with zero attached hydrogens (tertiary/aromatic N) is 1. The molecule has 3 nitrogen and oxygen atoms in total. The largest absolute Gasteiger partial charge is 0.378 e. The average Bonchev–Trinajstić information content (AvgIpc) is 2.42. The second-order valence-electron chi connectivity index (χ2n) is 1.96. The Hall–Kier alpha value is -0.830. The SMILES string of the molecule is CC.COCc1[nH]ncc1C. The fourth-order valence-electron chi connectivity index (χ4n) is 0.664. The van der Waals surface area contributed by atoms with Crippen LogP contribution in [0.3, 0.4) is 0 Å². The molecule has 0 spiro atoms. The second-order valence-corrected chi connectivity index (χ2v) is 1.96. The summed E-state index contributed by atoms with van der Waals surface area (Å²) in [5.74, 6) is 0. The van der Waals surface area contributed by atoms with Crippen LogP contribution < -0.4 is 0 Å². The molecule has 3 heteroatoms. The summed E-state index contributed by atoms with van der Waals surface area (Å²) in [6.07, 6.45) is 1.79. The zero-order valence-corrected chi connectivity index (χ0v) is 7.64. The fraction of sp³-hybridized carbons (Fsp3) is 0.625. The molecule has 64 valence electrons. The fourth-order valence-corrected chi connectivity index (χ4v) is 0.664. The molecule has 1 rings (SSSR count). The van der Waals surface area contributed by atoms with Crippen LogP contribution in [0.1, 0.15) is 25.1 Å². The minimum atomic E-state index is 0.617. The van der Waals surface area contributed by atoms with E-state index in [0.29, 0.717) is 6.61 Å². The van der Waals surface area contributed by atoms with Gasteiger partial charge < -0.3 is 4.74 Å². The number of H-pyrrole nitrogens is 1. The Kier molecular flexibility index (Phi) is 5.47. The van der Waals surface area contributed by atoms with Crippen molar-refractivity contribution in [2.45, 2.75) is 27.4 Å². The highest BCUT2D eigenvalue weighted by atomic mass is 16.5. The van der Waals surface area contributed by atoms with E-state index in [1.165, 1.54) is 0 Å². The first-order valence-electron chi connectivity index (χ1n) is 3.82. The predicted octanol–water partition coefficient (Wildman–Crippen LogP) is 1.89. The average molecular weight is 156 g/mol. The van der Waals surface area contributed by atoms with E-state index >= 15 is 0 Å². The van der Waals surface area contributed by atoms with E-state index in [0.717, 1.165) is 11.3 Å². The quantitative estimate of drug-likeness (QED) is 0.710. The third-order valence-electron chi connectivity index (χ3n) is 1.22. The van der Waals surface area contributed by atoms with Crippen molar-refractivity contribution in [1.29, 1.82) is 0 Å². The minimum Gasteiger partial charge on any atom is -0.378 e. The Balaban J connectivity index is 0.000000461. The van der Waals surface area contributed by atoms with Gasteiger partial charge in [-0.15, -0.1) is 0 Å². The zero-order valence-electron chi connectivity index (χ0n) is 7.64. The van der Waals surface area contributed by atoms with Gasteiger partial charge in [-0.1, -0.05) is 13.8 Å². The van der Waals surface area contributed by atoms with Crippen LogP contribution in [0.2, 0.25) is 0 Å². The third-order valence-corrected chi connectivity index (χ3v) is 1.22. The molecule has 11 heavy (non-hydrogen) atoms. The molecule has 0 saturated carbocycles. The maximum Gasteiger partial charge on any atom is 0.0881 e. The summed E-state index contributed by atoms with van der Waals surface area (Å²) < 4.78 is 4.90. The van der Waals surface area contributed by atoms with Crippen molar-refractivity contribution in [3.8, 4) is 0 Å². The van der Waals surface area contributed by atoms with Gasteiger partial charge in [0, 0.05) is 7.11 Å². The molecule has 0 fully saturated rings. The summed E-state index contributed by atoms with van der Waals surface area (Å²) in [7, 11) is 1.67. The summed E-state index contributed by atoms with van der Waals surface area (Å²) in [4.78, 5) is 0. The first-order valence-corrected chi connectivity index (χ1v) is 3.82. The van der Waals surface area contributed by atoms with E-state index in [9.17, 15) is 0 Å². The molecule has 0 aliphatic carbocycles. The lowest BCUT2D eigenvalue weighted by molar-refractivity contribution is 0.181. The first kappa shape index (κ1) is 10.2. The van der Waals surface area contributed by atoms with Crippen LogP contribution in [0.4, 0.5) is 0 Å².